The number of halogens is 1. The lowest BCUT2D eigenvalue weighted by molar-refractivity contribution is -0.127. The quantitative estimate of drug-likeness (QED) is 0.409. The van der Waals surface area contributed by atoms with Crippen LogP contribution in [0.25, 0.3) is 6.08 Å². The minimum absolute atomic E-state index is 0.181. The van der Waals surface area contributed by atoms with Crippen molar-refractivity contribution in [1.82, 2.24) is 4.90 Å². The number of hydrogen-bond acceptors (Lipinski definition) is 6. The molecule has 0 bridgehead atoms. The number of imide groups is 1. The van der Waals surface area contributed by atoms with Gasteiger partial charge in [0.05, 0.1) is 16.5 Å². The second-order valence-electron chi connectivity index (χ2n) is 6.54. The molecule has 9 heteroatoms. The van der Waals surface area contributed by atoms with E-state index in [4.69, 9.17) is 21.1 Å². The number of benzene rings is 2. The summed E-state index contributed by atoms with van der Waals surface area (Å²) in [6.45, 7) is 5.69. The Morgan fingerprint density at radius 3 is 2.66 bits per heavy atom. The summed E-state index contributed by atoms with van der Waals surface area (Å²) in [6.07, 6.45) is 3.12. The zero-order chi connectivity index (χ0) is 23.1. The molecule has 0 atom stereocenters. The molecule has 1 heterocycles. The number of anilines is 1. The highest BCUT2D eigenvalue weighted by Crippen LogP contribution is 2.39. The average Bonchev–Trinajstić information content (AvgIpc) is 3.01. The number of carbonyl (C=O) groups excluding carboxylic acids is 3. The maximum atomic E-state index is 12.7. The molecule has 1 aliphatic rings. The van der Waals surface area contributed by atoms with Gasteiger partial charge in [-0.1, -0.05) is 42.5 Å². The largest absolute Gasteiger partial charge is 0.490 e. The number of para-hydroxylation sites is 1. The fraction of sp³-hybridized carbons (Fsp3) is 0.174. The molecular formula is C23H21ClN2O5S. The molecule has 166 valence electrons. The van der Waals surface area contributed by atoms with E-state index in [1.165, 1.54) is 6.08 Å². The van der Waals surface area contributed by atoms with Crippen LogP contribution in [-0.2, 0) is 9.59 Å². The third-order valence-corrected chi connectivity index (χ3v) is 5.40. The number of hydrogen-bond donors (Lipinski definition) is 1. The predicted molar refractivity (Wildman–Crippen MR) is 126 cm³/mol. The third-order valence-electron chi connectivity index (χ3n) is 4.21. The van der Waals surface area contributed by atoms with Crippen molar-refractivity contribution in [3.8, 4) is 11.5 Å². The molecule has 1 aliphatic heterocycles. The normalized spacial score (nSPS) is 14.6. The van der Waals surface area contributed by atoms with Crippen molar-refractivity contribution >= 4 is 52.2 Å². The highest BCUT2D eigenvalue weighted by atomic mass is 35.5. The van der Waals surface area contributed by atoms with Gasteiger partial charge >= 0.3 is 0 Å². The van der Waals surface area contributed by atoms with Crippen molar-refractivity contribution in [2.45, 2.75) is 6.92 Å². The van der Waals surface area contributed by atoms with Gasteiger partial charge in [0.25, 0.3) is 11.1 Å². The number of nitrogens with zero attached hydrogens (tertiary/aromatic N) is 1. The second kappa shape index (κ2) is 10.9. The first kappa shape index (κ1) is 23.4. The molecule has 0 aliphatic carbocycles. The van der Waals surface area contributed by atoms with E-state index >= 15 is 0 Å². The van der Waals surface area contributed by atoms with Crippen LogP contribution in [0.5, 0.6) is 11.5 Å². The highest BCUT2D eigenvalue weighted by molar-refractivity contribution is 8.18. The van der Waals surface area contributed by atoms with Crippen LogP contribution < -0.4 is 14.8 Å². The summed E-state index contributed by atoms with van der Waals surface area (Å²) in [6, 6.07) is 12.1. The lowest BCUT2D eigenvalue weighted by Gasteiger charge is -2.14. The Kier molecular flexibility index (Phi) is 7.97. The Morgan fingerprint density at radius 1 is 1.22 bits per heavy atom. The van der Waals surface area contributed by atoms with Crippen LogP contribution in [-0.4, -0.2) is 41.7 Å². The fourth-order valence-corrected chi connectivity index (χ4v) is 3.98. The molecule has 0 radical (unpaired) electrons. The number of ether oxygens (including phenoxy) is 2. The van der Waals surface area contributed by atoms with E-state index in [-0.39, 0.29) is 18.1 Å². The van der Waals surface area contributed by atoms with Gasteiger partial charge in [0.15, 0.2) is 11.5 Å². The van der Waals surface area contributed by atoms with Gasteiger partial charge in [-0.25, -0.2) is 0 Å². The SMILES string of the molecule is C=CCOc1c(Cl)cc(/C=C2/SC(=O)N(CC(=O)Nc3ccccc3)C2=O)cc1OCC. The zero-order valence-electron chi connectivity index (χ0n) is 17.3. The summed E-state index contributed by atoms with van der Waals surface area (Å²) < 4.78 is 11.2. The van der Waals surface area contributed by atoms with Gasteiger partial charge in [0, 0.05) is 5.69 Å². The van der Waals surface area contributed by atoms with Gasteiger partial charge in [0.2, 0.25) is 5.91 Å². The first-order valence-electron chi connectivity index (χ1n) is 9.73. The van der Waals surface area contributed by atoms with Crippen molar-refractivity contribution in [1.29, 1.82) is 0 Å². The van der Waals surface area contributed by atoms with Crippen molar-refractivity contribution in [2.75, 3.05) is 25.1 Å². The van der Waals surface area contributed by atoms with Crippen molar-refractivity contribution in [3.63, 3.8) is 0 Å². The van der Waals surface area contributed by atoms with Crippen LogP contribution in [0.2, 0.25) is 5.02 Å². The molecule has 2 aromatic carbocycles. The maximum absolute atomic E-state index is 12.7. The van der Waals surface area contributed by atoms with Gasteiger partial charge in [0.1, 0.15) is 13.2 Å². The van der Waals surface area contributed by atoms with E-state index in [2.05, 4.69) is 11.9 Å². The standard InChI is InChI=1S/C23H21ClN2O5S/c1-3-10-31-21-17(24)11-15(12-18(21)30-4-2)13-19-22(28)26(23(29)32-19)14-20(27)25-16-8-6-5-7-9-16/h3,5-9,11-13H,1,4,10,14H2,2H3,(H,25,27)/b19-13+. The summed E-state index contributed by atoms with van der Waals surface area (Å²) in [5.41, 5.74) is 1.14. The number of thioether (sulfide) groups is 1. The van der Waals surface area contributed by atoms with Crippen molar-refractivity contribution in [3.05, 3.63) is 70.6 Å². The Labute approximate surface area is 195 Å². The molecule has 0 spiro atoms. The predicted octanol–water partition coefficient (Wildman–Crippen LogP) is 4.98. The van der Waals surface area contributed by atoms with Crippen LogP contribution in [0, 0.1) is 0 Å². The Hall–Kier alpha value is -3.23. The third kappa shape index (κ3) is 5.72. The van der Waals surface area contributed by atoms with Crippen molar-refractivity contribution < 1.29 is 23.9 Å². The smallest absolute Gasteiger partial charge is 0.294 e. The summed E-state index contributed by atoms with van der Waals surface area (Å²) in [5, 5.41) is 2.43. The molecule has 1 fully saturated rings. The molecule has 1 saturated heterocycles. The fourth-order valence-electron chi connectivity index (χ4n) is 2.87. The minimum Gasteiger partial charge on any atom is -0.490 e. The Balaban J connectivity index is 1.77. The number of carbonyl (C=O) groups is 3. The van der Waals surface area contributed by atoms with Gasteiger partial charge in [-0.2, -0.15) is 0 Å². The lowest BCUT2D eigenvalue weighted by Crippen LogP contribution is -2.36. The molecule has 0 aromatic heterocycles. The van der Waals surface area contributed by atoms with Gasteiger partial charge in [-0.05, 0) is 54.6 Å². The summed E-state index contributed by atoms with van der Waals surface area (Å²) >= 11 is 7.10. The molecular weight excluding hydrogens is 452 g/mol. The van der Waals surface area contributed by atoms with Crippen LogP contribution in [0.1, 0.15) is 12.5 Å². The monoisotopic (exact) mass is 472 g/mol. The van der Waals surface area contributed by atoms with Crippen molar-refractivity contribution in [2.24, 2.45) is 0 Å². The minimum atomic E-state index is -0.552. The summed E-state index contributed by atoms with van der Waals surface area (Å²) in [4.78, 5) is 38.5. The molecule has 0 saturated carbocycles. The summed E-state index contributed by atoms with van der Waals surface area (Å²) in [7, 11) is 0. The zero-order valence-corrected chi connectivity index (χ0v) is 18.9. The van der Waals surface area contributed by atoms with E-state index in [1.807, 2.05) is 13.0 Å². The molecule has 1 N–H and O–H groups in total. The van der Waals surface area contributed by atoms with E-state index in [9.17, 15) is 14.4 Å². The maximum Gasteiger partial charge on any atom is 0.294 e. The van der Waals surface area contributed by atoms with Crippen LogP contribution in [0.15, 0.2) is 60.0 Å². The number of rotatable bonds is 9. The first-order chi connectivity index (χ1) is 15.4. The van der Waals surface area contributed by atoms with Gasteiger partial charge in [-0.3, -0.25) is 19.3 Å². The highest BCUT2D eigenvalue weighted by Gasteiger charge is 2.36. The van der Waals surface area contributed by atoms with Gasteiger partial charge < -0.3 is 14.8 Å². The first-order valence-corrected chi connectivity index (χ1v) is 10.9. The second-order valence-corrected chi connectivity index (χ2v) is 7.95. The average molecular weight is 473 g/mol. The molecule has 3 rings (SSSR count). The Morgan fingerprint density at radius 2 is 1.97 bits per heavy atom. The molecule has 3 amide bonds. The van der Waals surface area contributed by atoms with E-state index < -0.39 is 17.1 Å². The number of nitrogens with one attached hydrogen (secondary N) is 1. The summed E-state index contributed by atoms with van der Waals surface area (Å²) in [5.74, 6) is -0.236. The van der Waals surface area contributed by atoms with Crippen LogP contribution >= 0.6 is 23.4 Å². The molecule has 0 unspecified atom stereocenters. The topological polar surface area (TPSA) is 84.9 Å². The lowest BCUT2D eigenvalue weighted by atomic mass is 10.1. The van der Waals surface area contributed by atoms with Crippen LogP contribution in [0.4, 0.5) is 10.5 Å². The van der Waals surface area contributed by atoms with E-state index in [0.29, 0.717) is 34.4 Å². The van der Waals surface area contributed by atoms with E-state index in [0.717, 1.165) is 16.7 Å². The molecule has 32 heavy (non-hydrogen) atoms. The Bertz CT molecular complexity index is 1070. The molecule has 7 nitrogen and oxygen atoms in total. The van der Waals surface area contributed by atoms with Crippen LogP contribution in [0.3, 0.4) is 0 Å². The molecule has 2 aromatic rings. The number of amides is 3. The van der Waals surface area contributed by atoms with Gasteiger partial charge in [-0.15, -0.1) is 0 Å². The van der Waals surface area contributed by atoms with E-state index in [1.54, 1.807) is 42.5 Å².